The number of esters is 1. The fourth-order valence-corrected chi connectivity index (χ4v) is 2.60. The van der Waals surface area contributed by atoms with Crippen molar-refractivity contribution in [3.8, 4) is 0 Å². The van der Waals surface area contributed by atoms with E-state index >= 15 is 0 Å². The summed E-state index contributed by atoms with van der Waals surface area (Å²) in [6.07, 6.45) is -1.26. The summed E-state index contributed by atoms with van der Waals surface area (Å²) < 4.78 is 15.1. The van der Waals surface area contributed by atoms with Crippen molar-refractivity contribution in [1.29, 1.82) is 0 Å². The maximum atomic E-state index is 12.3. The predicted molar refractivity (Wildman–Crippen MR) is 117 cm³/mol. The molecule has 3 amide bonds. The molecule has 0 aliphatic heterocycles. The summed E-state index contributed by atoms with van der Waals surface area (Å²) >= 11 is 0. The molecule has 0 saturated heterocycles. The number of alkyl carbamates (subject to hydrolysis) is 2. The van der Waals surface area contributed by atoms with Gasteiger partial charge in [-0.1, -0.05) is 37.3 Å². The molecule has 178 valence electrons. The van der Waals surface area contributed by atoms with Crippen LogP contribution in [0.4, 0.5) is 9.59 Å². The van der Waals surface area contributed by atoms with E-state index in [9.17, 15) is 19.2 Å². The van der Waals surface area contributed by atoms with E-state index in [-0.39, 0.29) is 38.6 Å². The number of carbonyl (C=O) groups excluding carboxylic acids is 4. The van der Waals surface area contributed by atoms with Gasteiger partial charge in [-0.05, 0) is 26.3 Å². The zero-order valence-electron chi connectivity index (χ0n) is 19.3. The first-order valence-electron chi connectivity index (χ1n) is 10.4. The monoisotopic (exact) mass is 451 g/mol. The first-order chi connectivity index (χ1) is 15.1. The third kappa shape index (κ3) is 10.6. The molecule has 1 rings (SSSR count). The Kier molecular flexibility index (Phi) is 11.0. The number of hydrogen-bond donors (Lipinski definition) is 2. The van der Waals surface area contributed by atoms with Crippen LogP contribution in [0.5, 0.6) is 0 Å². The van der Waals surface area contributed by atoms with Crippen LogP contribution in [0.2, 0.25) is 0 Å². The van der Waals surface area contributed by atoms with Crippen molar-refractivity contribution >= 4 is 24.1 Å². The molecule has 0 radical (unpaired) electrons. The van der Waals surface area contributed by atoms with Gasteiger partial charge in [0.05, 0.1) is 13.7 Å². The fourth-order valence-electron chi connectivity index (χ4n) is 2.60. The van der Waals surface area contributed by atoms with Crippen molar-refractivity contribution < 1.29 is 33.4 Å². The minimum Gasteiger partial charge on any atom is -0.467 e. The van der Waals surface area contributed by atoms with Gasteiger partial charge in [0, 0.05) is 19.5 Å². The quantitative estimate of drug-likeness (QED) is 0.413. The Morgan fingerprint density at radius 1 is 1.06 bits per heavy atom. The highest BCUT2D eigenvalue weighted by Crippen LogP contribution is 2.06. The zero-order chi connectivity index (χ0) is 24.1. The molecular formula is C22H33N3O7. The molecule has 32 heavy (non-hydrogen) atoms. The van der Waals surface area contributed by atoms with Gasteiger partial charge in [-0.25, -0.2) is 14.4 Å². The topological polar surface area (TPSA) is 123 Å². The second kappa shape index (κ2) is 13.2. The van der Waals surface area contributed by atoms with E-state index in [1.165, 1.54) is 12.0 Å². The van der Waals surface area contributed by atoms with Crippen molar-refractivity contribution in [2.24, 2.45) is 0 Å². The van der Waals surface area contributed by atoms with Crippen molar-refractivity contribution in [1.82, 2.24) is 15.5 Å². The minimum atomic E-state index is -1.14. The lowest BCUT2D eigenvalue weighted by molar-refractivity contribution is -0.144. The molecule has 0 unspecified atom stereocenters. The Morgan fingerprint density at radius 2 is 1.72 bits per heavy atom. The summed E-state index contributed by atoms with van der Waals surface area (Å²) in [5.74, 6) is -0.986. The molecule has 0 spiro atoms. The van der Waals surface area contributed by atoms with Gasteiger partial charge in [-0.3, -0.25) is 4.79 Å². The number of nitrogens with zero attached hydrogens (tertiary/aromatic N) is 1. The summed E-state index contributed by atoms with van der Waals surface area (Å²) in [5, 5.41) is 5.00. The standard InChI is InChI=1S/C22H33N3O7/c1-6-18(26)25(13-12-23-20(28)32-22(2,3)4)14-17(19(27)30-5)24-21(29)31-15-16-10-8-7-9-11-16/h7-11,17H,6,12-15H2,1-5H3,(H,23,28)(H,24,29)/t17-/m0/s1. The van der Waals surface area contributed by atoms with Crippen LogP contribution in [0.25, 0.3) is 0 Å². The summed E-state index contributed by atoms with van der Waals surface area (Å²) in [6.45, 7) is 6.99. The van der Waals surface area contributed by atoms with Crippen molar-refractivity contribution in [2.75, 3.05) is 26.7 Å². The van der Waals surface area contributed by atoms with Gasteiger partial charge in [-0.15, -0.1) is 0 Å². The molecule has 0 saturated carbocycles. The summed E-state index contributed by atoms with van der Waals surface area (Å²) in [5.41, 5.74) is 0.136. The van der Waals surface area contributed by atoms with E-state index in [1.54, 1.807) is 39.8 Å². The van der Waals surface area contributed by atoms with Gasteiger partial charge >= 0.3 is 18.2 Å². The molecular weight excluding hydrogens is 418 g/mol. The lowest BCUT2D eigenvalue weighted by atomic mass is 10.2. The van der Waals surface area contributed by atoms with Crippen LogP contribution in [0.15, 0.2) is 30.3 Å². The smallest absolute Gasteiger partial charge is 0.408 e. The number of nitrogens with one attached hydrogen (secondary N) is 2. The van der Waals surface area contributed by atoms with Crippen LogP contribution >= 0.6 is 0 Å². The SMILES string of the molecule is CCC(=O)N(CCNC(=O)OC(C)(C)C)C[C@H](NC(=O)OCc1ccccc1)C(=O)OC. The number of ether oxygens (including phenoxy) is 3. The summed E-state index contributed by atoms with van der Waals surface area (Å²) in [4.78, 5) is 49.9. The van der Waals surface area contributed by atoms with Crippen LogP contribution < -0.4 is 10.6 Å². The van der Waals surface area contributed by atoms with Gasteiger partial charge < -0.3 is 29.7 Å². The minimum absolute atomic E-state index is 0.0258. The van der Waals surface area contributed by atoms with E-state index in [0.29, 0.717) is 0 Å². The number of amides is 3. The van der Waals surface area contributed by atoms with Crippen LogP contribution in [0.1, 0.15) is 39.7 Å². The molecule has 0 fully saturated rings. The zero-order valence-corrected chi connectivity index (χ0v) is 19.3. The first-order valence-corrected chi connectivity index (χ1v) is 10.4. The van der Waals surface area contributed by atoms with Crippen LogP contribution in [-0.4, -0.2) is 67.3 Å². The third-order valence-corrected chi connectivity index (χ3v) is 4.10. The molecule has 0 heterocycles. The molecule has 1 aromatic carbocycles. The van der Waals surface area contributed by atoms with Gasteiger partial charge in [0.15, 0.2) is 0 Å². The number of carbonyl (C=O) groups is 4. The Bertz CT molecular complexity index is 763. The molecule has 0 bridgehead atoms. The highest BCUT2D eigenvalue weighted by molar-refractivity contribution is 5.83. The lowest BCUT2D eigenvalue weighted by Crippen LogP contribution is -2.51. The van der Waals surface area contributed by atoms with E-state index in [2.05, 4.69) is 10.6 Å². The highest BCUT2D eigenvalue weighted by atomic mass is 16.6. The lowest BCUT2D eigenvalue weighted by Gasteiger charge is -2.27. The Balaban J connectivity index is 2.69. The Labute approximate surface area is 188 Å². The molecule has 1 aromatic rings. The maximum absolute atomic E-state index is 12.3. The van der Waals surface area contributed by atoms with Crippen LogP contribution in [0.3, 0.4) is 0 Å². The molecule has 1 atom stereocenters. The van der Waals surface area contributed by atoms with Crippen LogP contribution in [-0.2, 0) is 30.4 Å². The first kappa shape index (κ1) is 26.7. The molecule has 0 aliphatic rings. The van der Waals surface area contributed by atoms with E-state index in [1.807, 2.05) is 18.2 Å². The Morgan fingerprint density at radius 3 is 2.28 bits per heavy atom. The van der Waals surface area contributed by atoms with Gasteiger partial charge in [0.1, 0.15) is 18.2 Å². The van der Waals surface area contributed by atoms with Crippen molar-refractivity contribution in [3.05, 3.63) is 35.9 Å². The van der Waals surface area contributed by atoms with Crippen LogP contribution in [0, 0.1) is 0 Å². The summed E-state index contributed by atoms with van der Waals surface area (Å²) in [7, 11) is 1.18. The number of benzene rings is 1. The van der Waals surface area contributed by atoms with Gasteiger partial charge in [0.2, 0.25) is 5.91 Å². The van der Waals surface area contributed by atoms with E-state index in [4.69, 9.17) is 14.2 Å². The Hall–Kier alpha value is -3.30. The van der Waals surface area contributed by atoms with Gasteiger partial charge in [0.25, 0.3) is 0 Å². The number of rotatable bonds is 10. The van der Waals surface area contributed by atoms with Gasteiger partial charge in [-0.2, -0.15) is 0 Å². The maximum Gasteiger partial charge on any atom is 0.408 e. The molecule has 10 nitrogen and oxygen atoms in total. The number of hydrogen-bond acceptors (Lipinski definition) is 7. The molecule has 0 aliphatic carbocycles. The average molecular weight is 452 g/mol. The molecule has 2 N–H and O–H groups in total. The average Bonchev–Trinajstić information content (AvgIpc) is 2.74. The molecule has 10 heteroatoms. The van der Waals surface area contributed by atoms with Crippen molar-refractivity contribution in [2.45, 2.75) is 52.4 Å². The molecule has 0 aromatic heterocycles. The van der Waals surface area contributed by atoms with E-state index in [0.717, 1.165) is 5.56 Å². The fraction of sp³-hybridized carbons (Fsp3) is 0.545. The predicted octanol–water partition coefficient (Wildman–Crippen LogP) is 2.22. The highest BCUT2D eigenvalue weighted by Gasteiger charge is 2.27. The second-order valence-electron chi connectivity index (χ2n) is 7.90. The normalized spacial score (nSPS) is 11.7. The summed E-state index contributed by atoms with van der Waals surface area (Å²) in [6, 6.07) is 7.92. The largest absolute Gasteiger partial charge is 0.467 e. The third-order valence-electron chi connectivity index (χ3n) is 4.10. The second-order valence-corrected chi connectivity index (χ2v) is 7.90. The van der Waals surface area contributed by atoms with E-state index < -0.39 is 29.8 Å². The number of methoxy groups -OCH3 is 1. The van der Waals surface area contributed by atoms with Crippen molar-refractivity contribution in [3.63, 3.8) is 0 Å².